The van der Waals surface area contributed by atoms with E-state index in [4.69, 9.17) is 9.47 Å². The van der Waals surface area contributed by atoms with E-state index in [2.05, 4.69) is 37.5 Å². The number of ether oxygens (including phenoxy) is 2. The Kier molecular flexibility index (Phi) is 17.1. The highest BCUT2D eigenvalue weighted by molar-refractivity contribution is 5.04. The van der Waals surface area contributed by atoms with Crippen LogP contribution in [0.1, 0.15) is 82.1 Å². The fraction of sp³-hybridized carbons (Fsp3) is 1.00. The summed E-state index contributed by atoms with van der Waals surface area (Å²) in [6, 6.07) is 0. The maximum atomic E-state index is 5.44. The van der Waals surface area contributed by atoms with Crippen LogP contribution in [-0.2, 0) is 9.47 Å². The lowest BCUT2D eigenvalue weighted by atomic mass is 10.0. The zero-order chi connectivity index (χ0) is 20.6. The van der Waals surface area contributed by atoms with Gasteiger partial charge in [0.2, 0.25) is 0 Å². The van der Waals surface area contributed by atoms with Crippen LogP contribution in [0.2, 0.25) is 0 Å². The molecule has 0 bridgehead atoms. The molecule has 2 saturated heterocycles. The van der Waals surface area contributed by atoms with Crippen molar-refractivity contribution in [2.75, 3.05) is 52.6 Å². The van der Waals surface area contributed by atoms with Gasteiger partial charge in [-0.05, 0) is 39.8 Å². The first-order chi connectivity index (χ1) is 12.5. The number of hydrogen-bond acceptors (Lipinski definition) is 4. The Balaban J connectivity index is 0. The van der Waals surface area contributed by atoms with Gasteiger partial charge in [-0.3, -0.25) is 9.80 Å². The minimum absolute atomic E-state index is 0.257. The van der Waals surface area contributed by atoms with Crippen LogP contribution in [0.5, 0.6) is 0 Å². The van der Waals surface area contributed by atoms with Gasteiger partial charge in [0.05, 0.1) is 26.4 Å². The van der Waals surface area contributed by atoms with Crippen molar-refractivity contribution >= 4 is 0 Å². The molecular weight excluding hydrogens is 324 g/mol. The Morgan fingerprint density at radius 2 is 1.12 bits per heavy atom. The third-order valence-electron chi connectivity index (χ3n) is 4.95. The Bertz CT molecular complexity index is 287. The number of morpholine rings is 2. The van der Waals surface area contributed by atoms with Crippen LogP contribution < -0.4 is 0 Å². The van der Waals surface area contributed by atoms with E-state index in [9.17, 15) is 0 Å². The Hall–Kier alpha value is -0.160. The lowest BCUT2D eigenvalue weighted by Crippen LogP contribution is -2.52. The summed E-state index contributed by atoms with van der Waals surface area (Å²) < 4.78 is 10.8. The molecule has 0 amide bonds. The average Bonchev–Trinajstić information content (AvgIpc) is 3.47. The van der Waals surface area contributed by atoms with E-state index in [1.165, 1.54) is 19.4 Å². The van der Waals surface area contributed by atoms with Crippen LogP contribution in [-0.4, -0.2) is 73.5 Å². The topological polar surface area (TPSA) is 24.9 Å². The smallest absolute Gasteiger partial charge is 0.0651 e. The van der Waals surface area contributed by atoms with Gasteiger partial charge in [-0.2, -0.15) is 0 Å². The molecule has 0 aromatic heterocycles. The molecule has 1 aliphatic carbocycles. The van der Waals surface area contributed by atoms with Crippen molar-refractivity contribution < 1.29 is 9.47 Å². The molecule has 1 spiro atoms. The summed E-state index contributed by atoms with van der Waals surface area (Å²) in [6.45, 7) is 29.2. The first-order valence-electron chi connectivity index (χ1n) is 11.2. The number of nitrogens with zero attached hydrogens (tertiary/aromatic N) is 2. The average molecular weight is 375 g/mol. The van der Waals surface area contributed by atoms with E-state index < -0.39 is 0 Å². The normalized spacial score (nSPS) is 22.8. The highest BCUT2D eigenvalue weighted by atomic mass is 16.5. The summed E-state index contributed by atoms with van der Waals surface area (Å²) in [5, 5.41) is 0. The maximum Gasteiger partial charge on any atom is 0.0651 e. The van der Waals surface area contributed by atoms with Crippen LogP contribution in [0.4, 0.5) is 0 Å². The van der Waals surface area contributed by atoms with Crippen molar-refractivity contribution in [3.63, 3.8) is 0 Å². The van der Waals surface area contributed by atoms with Crippen LogP contribution in [0, 0.1) is 0 Å². The third kappa shape index (κ3) is 9.16. The summed E-state index contributed by atoms with van der Waals surface area (Å²) in [5.41, 5.74) is 0.764. The summed E-state index contributed by atoms with van der Waals surface area (Å²) >= 11 is 0. The minimum Gasteiger partial charge on any atom is -0.378 e. The zero-order valence-electron chi connectivity index (χ0n) is 19.8. The molecule has 160 valence electrons. The van der Waals surface area contributed by atoms with E-state index in [0.717, 1.165) is 46.1 Å². The molecule has 2 aliphatic heterocycles. The van der Waals surface area contributed by atoms with E-state index in [1.54, 1.807) is 0 Å². The fourth-order valence-corrected chi connectivity index (χ4v) is 3.34. The van der Waals surface area contributed by atoms with Gasteiger partial charge in [0.15, 0.2) is 0 Å². The molecule has 3 aliphatic rings. The summed E-state index contributed by atoms with van der Waals surface area (Å²) in [4.78, 5) is 5.02. The highest BCUT2D eigenvalue weighted by Gasteiger charge is 2.48. The van der Waals surface area contributed by atoms with Crippen molar-refractivity contribution in [3.05, 3.63) is 0 Å². The Morgan fingerprint density at radius 1 is 0.692 bits per heavy atom. The van der Waals surface area contributed by atoms with Crippen molar-refractivity contribution in [2.24, 2.45) is 0 Å². The van der Waals surface area contributed by atoms with Gasteiger partial charge in [-0.1, -0.05) is 55.4 Å². The lowest BCUT2D eigenvalue weighted by Gasteiger charge is -2.41. The van der Waals surface area contributed by atoms with Crippen molar-refractivity contribution in [1.82, 2.24) is 9.80 Å². The first-order valence-corrected chi connectivity index (χ1v) is 11.2. The van der Waals surface area contributed by atoms with Gasteiger partial charge in [0.25, 0.3) is 0 Å². The summed E-state index contributed by atoms with van der Waals surface area (Å²) in [7, 11) is 0. The molecule has 4 heteroatoms. The molecule has 0 aromatic carbocycles. The quantitative estimate of drug-likeness (QED) is 0.674. The molecule has 26 heavy (non-hydrogen) atoms. The van der Waals surface area contributed by atoms with E-state index in [0.29, 0.717) is 5.54 Å². The predicted octanol–water partition coefficient (Wildman–Crippen LogP) is 5.07. The molecule has 3 fully saturated rings. The van der Waals surface area contributed by atoms with Gasteiger partial charge < -0.3 is 9.47 Å². The molecule has 0 aromatic rings. The molecule has 0 unspecified atom stereocenters. The van der Waals surface area contributed by atoms with Crippen LogP contribution in [0.3, 0.4) is 0 Å². The largest absolute Gasteiger partial charge is 0.378 e. The summed E-state index contributed by atoms with van der Waals surface area (Å²) in [6.07, 6.45) is 2.72. The zero-order valence-corrected chi connectivity index (χ0v) is 19.8. The third-order valence-corrected chi connectivity index (χ3v) is 4.95. The van der Waals surface area contributed by atoms with Gasteiger partial charge in [-0.25, -0.2) is 0 Å². The van der Waals surface area contributed by atoms with Crippen molar-refractivity contribution in [3.8, 4) is 0 Å². The first kappa shape index (κ1) is 28.1. The van der Waals surface area contributed by atoms with Gasteiger partial charge in [0, 0.05) is 24.2 Å². The molecular formula is C22H50N2O2. The van der Waals surface area contributed by atoms with Crippen molar-refractivity contribution in [2.45, 2.75) is 93.2 Å². The van der Waals surface area contributed by atoms with Gasteiger partial charge in [-0.15, -0.1) is 0 Å². The lowest BCUT2D eigenvalue weighted by molar-refractivity contribution is -0.0481. The number of rotatable bonds is 2. The molecule has 0 radical (unpaired) electrons. The minimum atomic E-state index is 0.257. The second kappa shape index (κ2) is 15.9. The summed E-state index contributed by atoms with van der Waals surface area (Å²) in [5.74, 6) is 0. The molecule has 4 nitrogen and oxygen atoms in total. The molecule has 3 rings (SSSR count). The molecule has 2 heterocycles. The van der Waals surface area contributed by atoms with Gasteiger partial charge in [0.1, 0.15) is 0 Å². The van der Waals surface area contributed by atoms with Gasteiger partial charge >= 0.3 is 0 Å². The van der Waals surface area contributed by atoms with Crippen LogP contribution in [0.15, 0.2) is 0 Å². The van der Waals surface area contributed by atoms with E-state index in [-0.39, 0.29) is 5.54 Å². The molecule has 1 saturated carbocycles. The Morgan fingerprint density at radius 3 is 1.42 bits per heavy atom. The van der Waals surface area contributed by atoms with Crippen LogP contribution >= 0.6 is 0 Å². The second-order valence-corrected chi connectivity index (χ2v) is 6.80. The standard InChI is InChI=1S/C8H15NO.C8H17NO.3C2H6/c1-2-9-5-6-10-7-8(9)3-4-8;1-4-9-5-6-10-7-8(9,2)3;3*1-2/h2-7H2,1H3;4-7H2,1-3H3;3*1-2H3. The Labute approximate surface area is 165 Å². The predicted molar refractivity (Wildman–Crippen MR) is 116 cm³/mol. The van der Waals surface area contributed by atoms with Crippen LogP contribution in [0.25, 0.3) is 0 Å². The highest BCUT2D eigenvalue weighted by Crippen LogP contribution is 2.43. The molecule has 0 N–H and O–H groups in total. The van der Waals surface area contributed by atoms with E-state index >= 15 is 0 Å². The monoisotopic (exact) mass is 374 g/mol. The van der Waals surface area contributed by atoms with Crippen molar-refractivity contribution in [1.29, 1.82) is 0 Å². The second-order valence-electron chi connectivity index (χ2n) is 6.80. The van der Waals surface area contributed by atoms with E-state index in [1.807, 2.05) is 41.5 Å². The number of hydrogen-bond donors (Lipinski definition) is 0. The fourth-order valence-electron chi connectivity index (χ4n) is 3.34. The molecule has 0 atom stereocenters. The SMILES string of the molecule is CC.CC.CC.CCN1CCOCC1(C)C.CCN1CCOCC12CC2. The maximum absolute atomic E-state index is 5.44. The number of likely N-dealkylation sites (N-methyl/N-ethyl adjacent to an activating group) is 2.